The van der Waals surface area contributed by atoms with Gasteiger partial charge in [-0.15, -0.1) is 11.6 Å². The first-order chi connectivity index (χ1) is 7.67. The number of methoxy groups -OCH3 is 1. The Morgan fingerprint density at radius 3 is 2.81 bits per heavy atom. The topological polar surface area (TPSA) is 26.3 Å². The highest BCUT2D eigenvalue weighted by Crippen LogP contribution is 2.14. The first-order valence-corrected chi connectivity index (χ1v) is 5.92. The molecule has 0 aliphatic rings. The number of benzene rings is 1. The standard InChI is InChI=1S/C13H17ClO2/c1-10-5-6-11(9-13(15)16-2)8-12(10)4-3-7-14/h5-6,8H,3-4,7,9H2,1-2H3. The number of rotatable bonds is 5. The van der Waals surface area contributed by atoms with E-state index >= 15 is 0 Å². The van der Waals surface area contributed by atoms with E-state index in [0.717, 1.165) is 18.4 Å². The summed E-state index contributed by atoms with van der Waals surface area (Å²) in [6, 6.07) is 6.08. The van der Waals surface area contributed by atoms with Gasteiger partial charge in [0.2, 0.25) is 0 Å². The Labute approximate surface area is 102 Å². The molecule has 0 saturated heterocycles. The maximum atomic E-state index is 11.1. The zero-order valence-corrected chi connectivity index (χ0v) is 10.5. The minimum Gasteiger partial charge on any atom is -0.469 e. The Kier molecular flexibility index (Phi) is 5.33. The highest BCUT2D eigenvalue weighted by molar-refractivity contribution is 6.17. The Bertz CT molecular complexity index is 361. The van der Waals surface area contributed by atoms with Crippen molar-refractivity contribution in [1.82, 2.24) is 0 Å². The molecule has 2 nitrogen and oxygen atoms in total. The fraction of sp³-hybridized carbons (Fsp3) is 0.462. The molecule has 1 aromatic rings. The van der Waals surface area contributed by atoms with Crippen LogP contribution in [0, 0.1) is 6.92 Å². The zero-order chi connectivity index (χ0) is 12.0. The summed E-state index contributed by atoms with van der Waals surface area (Å²) in [5.74, 6) is 0.466. The van der Waals surface area contributed by atoms with Crippen molar-refractivity contribution in [2.75, 3.05) is 13.0 Å². The van der Waals surface area contributed by atoms with Gasteiger partial charge in [0, 0.05) is 5.88 Å². The molecule has 16 heavy (non-hydrogen) atoms. The van der Waals surface area contributed by atoms with Gasteiger partial charge in [-0.3, -0.25) is 4.79 Å². The molecular formula is C13H17ClO2. The third kappa shape index (κ3) is 3.86. The van der Waals surface area contributed by atoms with Crippen LogP contribution < -0.4 is 0 Å². The van der Waals surface area contributed by atoms with Crippen LogP contribution in [0.1, 0.15) is 23.1 Å². The van der Waals surface area contributed by atoms with E-state index in [1.54, 1.807) is 0 Å². The smallest absolute Gasteiger partial charge is 0.309 e. The van der Waals surface area contributed by atoms with Crippen molar-refractivity contribution in [1.29, 1.82) is 0 Å². The molecule has 1 aromatic carbocycles. The van der Waals surface area contributed by atoms with Gasteiger partial charge in [0.05, 0.1) is 13.5 Å². The Morgan fingerprint density at radius 1 is 1.44 bits per heavy atom. The summed E-state index contributed by atoms with van der Waals surface area (Å²) in [5.41, 5.74) is 3.52. The van der Waals surface area contributed by atoms with Gasteiger partial charge in [0.15, 0.2) is 0 Å². The third-order valence-corrected chi connectivity index (χ3v) is 2.84. The summed E-state index contributed by atoms with van der Waals surface area (Å²) >= 11 is 5.68. The predicted molar refractivity (Wildman–Crippen MR) is 65.9 cm³/mol. The summed E-state index contributed by atoms with van der Waals surface area (Å²) in [6.07, 6.45) is 2.26. The quantitative estimate of drug-likeness (QED) is 0.584. The van der Waals surface area contributed by atoms with E-state index in [2.05, 4.69) is 17.7 Å². The number of aryl methyl sites for hydroxylation is 2. The van der Waals surface area contributed by atoms with Crippen molar-refractivity contribution < 1.29 is 9.53 Å². The van der Waals surface area contributed by atoms with E-state index in [4.69, 9.17) is 11.6 Å². The van der Waals surface area contributed by atoms with E-state index in [9.17, 15) is 4.79 Å². The van der Waals surface area contributed by atoms with Crippen LogP contribution in [0.5, 0.6) is 0 Å². The average molecular weight is 241 g/mol. The van der Waals surface area contributed by atoms with Gasteiger partial charge in [-0.25, -0.2) is 0 Å². The van der Waals surface area contributed by atoms with Crippen molar-refractivity contribution in [3.63, 3.8) is 0 Å². The fourth-order valence-electron chi connectivity index (χ4n) is 1.60. The largest absolute Gasteiger partial charge is 0.469 e. The highest BCUT2D eigenvalue weighted by atomic mass is 35.5. The summed E-state index contributed by atoms with van der Waals surface area (Å²) < 4.78 is 4.65. The normalized spacial score (nSPS) is 10.2. The molecule has 0 aliphatic heterocycles. The molecule has 0 N–H and O–H groups in total. The second kappa shape index (κ2) is 6.54. The predicted octanol–water partition coefficient (Wildman–Crippen LogP) is 2.88. The number of alkyl halides is 1. The molecule has 0 fully saturated rings. The van der Waals surface area contributed by atoms with Crippen molar-refractivity contribution in [3.8, 4) is 0 Å². The molecule has 0 spiro atoms. The molecule has 0 unspecified atom stereocenters. The third-order valence-electron chi connectivity index (χ3n) is 2.57. The maximum absolute atomic E-state index is 11.1. The van der Waals surface area contributed by atoms with Gasteiger partial charge >= 0.3 is 5.97 Å². The molecule has 0 aromatic heterocycles. The van der Waals surface area contributed by atoms with E-state index in [1.165, 1.54) is 18.2 Å². The summed E-state index contributed by atoms with van der Waals surface area (Å²) in [7, 11) is 1.41. The van der Waals surface area contributed by atoms with Crippen LogP contribution in [0.4, 0.5) is 0 Å². The zero-order valence-electron chi connectivity index (χ0n) is 9.75. The van der Waals surface area contributed by atoms with Crippen LogP contribution in [0.15, 0.2) is 18.2 Å². The lowest BCUT2D eigenvalue weighted by Gasteiger charge is -2.07. The van der Waals surface area contributed by atoms with Gasteiger partial charge in [-0.1, -0.05) is 18.2 Å². The van der Waals surface area contributed by atoms with Gasteiger partial charge in [0.25, 0.3) is 0 Å². The van der Waals surface area contributed by atoms with Crippen molar-refractivity contribution in [2.45, 2.75) is 26.2 Å². The summed E-state index contributed by atoms with van der Waals surface area (Å²) in [6.45, 7) is 2.07. The number of carbonyl (C=O) groups excluding carboxylic acids is 1. The molecule has 88 valence electrons. The Balaban J connectivity index is 2.76. The van der Waals surface area contributed by atoms with Crippen molar-refractivity contribution in [3.05, 3.63) is 34.9 Å². The van der Waals surface area contributed by atoms with Crippen LogP contribution >= 0.6 is 11.6 Å². The molecule has 0 bridgehead atoms. The highest BCUT2D eigenvalue weighted by Gasteiger charge is 2.05. The van der Waals surface area contributed by atoms with Crippen LogP contribution in [0.3, 0.4) is 0 Å². The second-order valence-electron chi connectivity index (χ2n) is 3.81. The van der Waals surface area contributed by atoms with Crippen LogP contribution in [-0.2, 0) is 22.4 Å². The molecule has 0 atom stereocenters. The monoisotopic (exact) mass is 240 g/mol. The minimum absolute atomic E-state index is 0.202. The van der Waals surface area contributed by atoms with Gasteiger partial charge in [0.1, 0.15) is 0 Å². The lowest BCUT2D eigenvalue weighted by atomic mass is 10.00. The number of ether oxygens (including phenoxy) is 1. The van der Waals surface area contributed by atoms with E-state index in [0.29, 0.717) is 12.3 Å². The maximum Gasteiger partial charge on any atom is 0.309 e. The molecular weight excluding hydrogens is 224 g/mol. The lowest BCUT2D eigenvalue weighted by molar-refractivity contribution is -0.139. The number of esters is 1. The van der Waals surface area contributed by atoms with Crippen molar-refractivity contribution in [2.24, 2.45) is 0 Å². The first kappa shape index (κ1) is 13.0. The minimum atomic E-state index is -0.202. The van der Waals surface area contributed by atoms with Gasteiger partial charge in [-0.2, -0.15) is 0 Å². The lowest BCUT2D eigenvalue weighted by Crippen LogP contribution is -2.05. The van der Waals surface area contributed by atoms with E-state index < -0.39 is 0 Å². The average Bonchev–Trinajstić information content (AvgIpc) is 2.29. The molecule has 0 heterocycles. The van der Waals surface area contributed by atoms with Gasteiger partial charge in [-0.05, 0) is 36.5 Å². The Morgan fingerprint density at radius 2 is 2.19 bits per heavy atom. The molecule has 0 aliphatic carbocycles. The number of hydrogen-bond acceptors (Lipinski definition) is 2. The van der Waals surface area contributed by atoms with Crippen LogP contribution in [0.25, 0.3) is 0 Å². The summed E-state index contributed by atoms with van der Waals surface area (Å²) in [5, 5.41) is 0. The molecule has 0 radical (unpaired) electrons. The second-order valence-corrected chi connectivity index (χ2v) is 4.18. The summed E-state index contributed by atoms with van der Waals surface area (Å²) in [4.78, 5) is 11.1. The van der Waals surface area contributed by atoms with E-state index in [1.807, 2.05) is 12.1 Å². The fourth-order valence-corrected chi connectivity index (χ4v) is 1.73. The van der Waals surface area contributed by atoms with Crippen molar-refractivity contribution >= 4 is 17.6 Å². The van der Waals surface area contributed by atoms with Gasteiger partial charge < -0.3 is 4.74 Å². The number of halogens is 1. The van der Waals surface area contributed by atoms with Crippen LogP contribution in [0.2, 0.25) is 0 Å². The molecule has 0 amide bonds. The first-order valence-electron chi connectivity index (χ1n) is 5.38. The molecule has 3 heteroatoms. The SMILES string of the molecule is COC(=O)Cc1ccc(C)c(CCCCl)c1. The van der Waals surface area contributed by atoms with Crippen LogP contribution in [-0.4, -0.2) is 19.0 Å². The molecule has 0 saturated carbocycles. The number of hydrogen-bond donors (Lipinski definition) is 0. The Hall–Kier alpha value is -1.02. The molecule has 1 rings (SSSR count). The number of carbonyl (C=O) groups is 1. The van der Waals surface area contributed by atoms with E-state index in [-0.39, 0.29) is 5.97 Å².